The van der Waals surface area contributed by atoms with Crippen LogP contribution in [0, 0.1) is 5.92 Å². The Balaban J connectivity index is 1.88. The molecule has 3 atom stereocenters. The van der Waals surface area contributed by atoms with E-state index in [1.54, 1.807) is 43.3 Å². The number of ketones is 2. The van der Waals surface area contributed by atoms with Gasteiger partial charge >= 0.3 is 205 Å². The zero-order valence-corrected chi connectivity index (χ0v) is 21.7. The Hall–Kier alpha value is -0.755. The summed E-state index contributed by atoms with van der Waals surface area (Å²) in [7, 11) is -3.57. The molecule has 0 spiro atoms. The molecule has 2 aromatic rings. The monoisotopic (exact) mass is 466 g/mol. The van der Waals surface area contributed by atoms with E-state index in [-0.39, 0.29) is 79.5 Å². The molecule has 0 aromatic heterocycles. The number of amidine groups is 1. The van der Waals surface area contributed by atoms with Crippen molar-refractivity contribution in [3.05, 3.63) is 59.7 Å². The van der Waals surface area contributed by atoms with Gasteiger partial charge in [-0.2, -0.15) is 0 Å². The zero-order chi connectivity index (χ0) is 20.1. The molecule has 8 heteroatoms. The molecule has 28 heavy (non-hydrogen) atoms. The van der Waals surface area contributed by atoms with Crippen molar-refractivity contribution in [2.24, 2.45) is 10.7 Å². The van der Waals surface area contributed by atoms with E-state index in [1.807, 2.05) is 19.1 Å². The van der Waals surface area contributed by atoms with Crippen LogP contribution in [0.4, 0.5) is 5.69 Å². The summed E-state index contributed by atoms with van der Waals surface area (Å²) in [6.45, 7) is 3.84. The van der Waals surface area contributed by atoms with E-state index >= 15 is 0 Å². The molecule has 1 heterocycles. The molecular formula is C20H18N2O4PRb. The fourth-order valence-corrected chi connectivity index (χ4v) is 7.44. The van der Waals surface area contributed by atoms with Crippen molar-refractivity contribution in [3.8, 4) is 0 Å². The van der Waals surface area contributed by atoms with Gasteiger partial charge in [0.15, 0.2) is 0 Å². The third kappa shape index (κ3) is 3.19. The minimum atomic E-state index is -3.57. The number of hydrogen-bond acceptors (Lipinski definition) is 5. The third-order valence-corrected chi connectivity index (χ3v) is 9.92. The van der Waals surface area contributed by atoms with Crippen LogP contribution in [0.1, 0.15) is 29.8 Å². The van der Waals surface area contributed by atoms with E-state index in [1.165, 1.54) is 0 Å². The number of fused-ring (bicyclic) bond motifs is 2. The van der Waals surface area contributed by atoms with E-state index in [2.05, 4.69) is 10.1 Å². The van der Waals surface area contributed by atoms with Crippen molar-refractivity contribution < 1.29 is 18.7 Å². The molecule has 138 valence electrons. The van der Waals surface area contributed by atoms with E-state index in [4.69, 9.17) is 4.52 Å². The van der Waals surface area contributed by atoms with Crippen LogP contribution >= 0.6 is 7.52 Å². The van der Waals surface area contributed by atoms with Gasteiger partial charge in [0.05, 0.1) is 0 Å². The van der Waals surface area contributed by atoms with E-state index in [0.29, 0.717) is 16.6 Å². The van der Waals surface area contributed by atoms with Gasteiger partial charge < -0.3 is 0 Å². The number of Topliss-reactive ketones (excluding diaryl/α,β-unsaturated/α-hetero) is 2. The van der Waals surface area contributed by atoms with Crippen molar-refractivity contribution in [2.75, 3.05) is 11.9 Å². The van der Waals surface area contributed by atoms with Crippen LogP contribution in [-0.2, 0) is 12.4 Å². The number of para-hydroxylation sites is 1. The predicted molar refractivity (Wildman–Crippen MR) is 109 cm³/mol. The maximum absolute atomic E-state index is 13.5. The van der Waals surface area contributed by atoms with Crippen LogP contribution in [0.25, 0.3) is 0 Å². The molecule has 0 fully saturated rings. The number of rotatable bonds is 3. The molecule has 0 amide bonds. The van der Waals surface area contributed by atoms with Crippen molar-refractivity contribution in [3.63, 3.8) is 0 Å². The van der Waals surface area contributed by atoms with Gasteiger partial charge in [0.1, 0.15) is 0 Å². The number of benzene rings is 2. The standard InChI is InChI=1S/C20H18N2O4P.Rb/c1-3-26-27(25)16-11-7-6-10-15(16)21-20(22-27)17-18(23)12(2)13-8-4-5-9-14(13)19(17)24;/h4-11,17H,3H2,1-2H3,(H,21,22,25);. The predicted octanol–water partition coefficient (Wildman–Crippen LogP) is 2.83. The summed E-state index contributed by atoms with van der Waals surface area (Å²) < 4.78 is 22.7. The first kappa shape index (κ1) is 20.5. The first-order chi connectivity index (χ1) is 13.3. The summed E-state index contributed by atoms with van der Waals surface area (Å²) in [5.74, 6) is -1.45. The first-order valence-electron chi connectivity index (χ1n) is 9.19. The van der Waals surface area contributed by atoms with Crippen molar-refractivity contribution >= 4 is 91.5 Å². The van der Waals surface area contributed by atoms with E-state index < -0.39 is 11.9 Å². The van der Waals surface area contributed by atoms with Gasteiger partial charge in [0.2, 0.25) is 0 Å². The average molecular weight is 467 g/mol. The molecule has 1 aliphatic heterocycles. The Bertz CT molecular complexity index is 1080. The summed E-state index contributed by atoms with van der Waals surface area (Å²) in [6, 6.07) is 14.3. The second kappa shape index (κ2) is 7.49. The second-order valence-corrected chi connectivity index (χ2v) is 14.3. The van der Waals surface area contributed by atoms with Gasteiger partial charge in [0, 0.05) is 0 Å². The molecule has 2 aromatic carbocycles. The summed E-state index contributed by atoms with van der Waals surface area (Å²) in [6.07, 6.45) is 0. The van der Waals surface area contributed by atoms with E-state index in [9.17, 15) is 14.2 Å². The number of nitrogens with one attached hydrogen (secondary N) is 1. The van der Waals surface area contributed by atoms with Gasteiger partial charge in [-0.25, -0.2) is 0 Å². The molecule has 0 saturated heterocycles. The van der Waals surface area contributed by atoms with Crippen LogP contribution in [0.3, 0.4) is 0 Å². The minimum absolute atomic E-state index is 0.104. The molecule has 2 aliphatic rings. The SMILES string of the molecule is CCOP1(=O)N=C(C2C(=O)c3ccccc3[C](C)([Rb])C2=O)Nc2ccccc21. The molecule has 0 radical (unpaired) electrons. The van der Waals surface area contributed by atoms with Crippen molar-refractivity contribution in [2.45, 2.75) is 12.3 Å². The topological polar surface area (TPSA) is 84.8 Å². The van der Waals surface area contributed by atoms with Gasteiger partial charge in [-0.3, -0.25) is 0 Å². The van der Waals surface area contributed by atoms with Crippen molar-refractivity contribution in [1.29, 1.82) is 0 Å². The number of carbonyl (C=O) groups is 2. The number of nitrogens with zero attached hydrogens (tertiary/aromatic N) is 1. The van der Waals surface area contributed by atoms with Crippen LogP contribution < -0.4 is 10.6 Å². The Morgan fingerprint density at radius 3 is 2.61 bits per heavy atom. The Morgan fingerprint density at radius 1 is 1.18 bits per heavy atom. The van der Waals surface area contributed by atoms with Gasteiger partial charge in [0.25, 0.3) is 0 Å². The number of hydrogen-bond donors (Lipinski definition) is 1. The average Bonchev–Trinajstić information content (AvgIpc) is 2.67. The molecule has 0 bridgehead atoms. The zero-order valence-electron chi connectivity index (χ0n) is 15.9. The molecule has 6 nitrogen and oxygen atoms in total. The number of carbonyl (C=O) groups excluding carboxylic acids is 2. The summed E-state index contributed by atoms with van der Waals surface area (Å²) in [5.41, 5.74) is 1.90. The van der Waals surface area contributed by atoms with Crippen LogP contribution in [0.2, 0.25) is 0 Å². The van der Waals surface area contributed by atoms with Crippen LogP contribution in [0.15, 0.2) is 53.3 Å². The summed E-state index contributed by atoms with van der Waals surface area (Å²) >= 11 is -0.104. The van der Waals surface area contributed by atoms with Crippen molar-refractivity contribution in [1.82, 2.24) is 0 Å². The fraction of sp³-hybridized carbons (Fsp3) is 0.250. The summed E-state index contributed by atoms with van der Waals surface area (Å²) in [5, 5.41) is 3.54. The molecule has 0 saturated carbocycles. The Labute approximate surface area is 202 Å². The molecule has 1 aliphatic carbocycles. The van der Waals surface area contributed by atoms with Gasteiger partial charge in [-0.15, -0.1) is 0 Å². The molecule has 1 N–H and O–H groups in total. The Morgan fingerprint density at radius 2 is 1.86 bits per heavy atom. The third-order valence-electron chi connectivity index (χ3n) is 5.29. The Kier molecular flexibility index (Phi) is 5.49. The summed E-state index contributed by atoms with van der Waals surface area (Å²) in [4.78, 5) is 26.6. The second-order valence-electron chi connectivity index (χ2n) is 7.40. The fourth-order valence-electron chi connectivity index (χ4n) is 3.85. The van der Waals surface area contributed by atoms with Crippen LogP contribution in [0.5, 0.6) is 0 Å². The molecule has 4 rings (SSSR count). The van der Waals surface area contributed by atoms with Gasteiger partial charge in [-0.1, -0.05) is 0 Å². The maximum atomic E-state index is 13.5. The quantitative estimate of drug-likeness (QED) is 0.555. The van der Waals surface area contributed by atoms with E-state index in [0.717, 1.165) is 5.56 Å². The normalized spacial score (nSPS) is 28.9. The van der Waals surface area contributed by atoms with Gasteiger partial charge in [-0.05, 0) is 0 Å². The number of anilines is 1. The molecule has 3 unspecified atom stereocenters. The molecular weight excluding hydrogens is 449 g/mol. The first-order valence-corrected chi connectivity index (χ1v) is 13.2. The van der Waals surface area contributed by atoms with Crippen LogP contribution in [-0.4, -0.2) is 79.5 Å².